The predicted molar refractivity (Wildman–Crippen MR) is 93.2 cm³/mol. The minimum Gasteiger partial charge on any atom is -0.378 e. The second-order valence-electron chi connectivity index (χ2n) is 6.67. The van der Waals surface area contributed by atoms with Crippen LogP contribution in [0.1, 0.15) is 36.9 Å². The molecule has 0 aliphatic carbocycles. The molecule has 0 spiro atoms. The minimum atomic E-state index is -0.215. The number of rotatable bonds is 4. The number of hydrogen-bond acceptors (Lipinski definition) is 6. The van der Waals surface area contributed by atoms with Crippen LogP contribution in [-0.4, -0.2) is 50.0 Å². The van der Waals surface area contributed by atoms with E-state index in [1.165, 1.54) is 0 Å². The molecule has 0 radical (unpaired) electrons. The van der Waals surface area contributed by atoms with Crippen LogP contribution < -0.4 is 5.56 Å². The summed E-state index contributed by atoms with van der Waals surface area (Å²) < 4.78 is 5.57. The van der Waals surface area contributed by atoms with Gasteiger partial charge in [-0.15, -0.1) is 0 Å². The molecule has 2 aliphatic heterocycles. The Morgan fingerprint density at radius 1 is 1.38 bits per heavy atom. The molecule has 8 nitrogen and oxygen atoms in total. The number of aromatic amines is 1. The topological polar surface area (TPSA) is 101 Å². The van der Waals surface area contributed by atoms with Crippen molar-refractivity contribution in [1.82, 2.24) is 24.8 Å². The van der Waals surface area contributed by atoms with Crippen LogP contribution in [0.3, 0.4) is 0 Å². The lowest BCUT2D eigenvalue weighted by atomic mass is 10.1. The average molecular weight is 355 g/mol. The lowest BCUT2D eigenvalue weighted by molar-refractivity contribution is -0.132. The van der Waals surface area contributed by atoms with E-state index in [2.05, 4.69) is 19.9 Å². The van der Waals surface area contributed by atoms with Gasteiger partial charge in [0, 0.05) is 38.4 Å². The lowest BCUT2D eigenvalue weighted by Gasteiger charge is -2.28. The van der Waals surface area contributed by atoms with Gasteiger partial charge in [-0.05, 0) is 19.3 Å². The maximum Gasteiger partial charge on any atom is 0.256 e. The summed E-state index contributed by atoms with van der Waals surface area (Å²) in [5.41, 5.74) is 1.61. The Labute approximate surface area is 150 Å². The van der Waals surface area contributed by atoms with Crippen LogP contribution in [0.2, 0.25) is 0 Å². The van der Waals surface area contributed by atoms with E-state index in [0.29, 0.717) is 43.0 Å². The summed E-state index contributed by atoms with van der Waals surface area (Å²) in [6, 6.07) is 0. The average Bonchev–Trinajstić information content (AvgIpc) is 3.20. The van der Waals surface area contributed by atoms with Gasteiger partial charge in [0.25, 0.3) is 5.56 Å². The van der Waals surface area contributed by atoms with Crippen molar-refractivity contribution in [1.29, 1.82) is 0 Å². The van der Waals surface area contributed by atoms with Crippen LogP contribution in [0.15, 0.2) is 23.4 Å². The largest absolute Gasteiger partial charge is 0.378 e. The molecule has 1 N–H and O–H groups in total. The van der Waals surface area contributed by atoms with Gasteiger partial charge in [0.05, 0.1) is 30.1 Å². The van der Waals surface area contributed by atoms with Gasteiger partial charge in [0.2, 0.25) is 5.91 Å². The standard InChI is InChI=1S/C18H21N5O3/c24-16(4-3-12-2-1-9-26-12)23-8-5-14-13(11-23)18(25)22-17(21-14)15-10-19-6-7-20-15/h6-7,10,12H,1-5,8-9,11H2,(H,21,22,25)/t12-/m1/s1. The van der Waals surface area contributed by atoms with Crippen molar-refractivity contribution in [2.45, 2.75) is 44.8 Å². The number of hydrogen-bond donors (Lipinski definition) is 1. The van der Waals surface area contributed by atoms with Gasteiger partial charge in [-0.2, -0.15) is 0 Å². The van der Waals surface area contributed by atoms with E-state index in [-0.39, 0.29) is 17.6 Å². The second-order valence-corrected chi connectivity index (χ2v) is 6.67. The van der Waals surface area contributed by atoms with Crippen molar-refractivity contribution in [3.05, 3.63) is 40.2 Å². The van der Waals surface area contributed by atoms with Crippen molar-refractivity contribution < 1.29 is 9.53 Å². The first-order valence-electron chi connectivity index (χ1n) is 8.98. The Morgan fingerprint density at radius 3 is 3.08 bits per heavy atom. The molecule has 2 aromatic rings. The molecule has 2 aliphatic rings. The number of carbonyl (C=O) groups excluding carboxylic acids is 1. The van der Waals surface area contributed by atoms with Crippen LogP contribution in [0.4, 0.5) is 0 Å². The monoisotopic (exact) mass is 355 g/mol. The number of aromatic nitrogens is 4. The molecule has 8 heteroatoms. The molecule has 136 valence electrons. The first-order chi connectivity index (χ1) is 12.7. The number of amides is 1. The summed E-state index contributed by atoms with van der Waals surface area (Å²) in [7, 11) is 0. The maximum atomic E-state index is 12.5. The number of carbonyl (C=O) groups is 1. The summed E-state index contributed by atoms with van der Waals surface area (Å²) in [5, 5.41) is 0. The molecule has 26 heavy (non-hydrogen) atoms. The highest BCUT2D eigenvalue weighted by Crippen LogP contribution is 2.20. The number of H-pyrrole nitrogens is 1. The van der Waals surface area contributed by atoms with Gasteiger partial charge in [0.1, 0.15) is 5.69 Å². The predicted octanol–water partition coefficient (Wildman–Crippen LogP) is 1.07. The zero-order valence-electron chi connectivity index (χ0n) is 14.5. The van der Waals surface area contributed by atoms with Crippen LogP contribution in [0, 0.1) is 0 Å². The molecule has 0 saturated carbocycles. The van der Waals surface area contributed by atoms with E-state index in [9.17, 15) is 9.59 Å². The summed E-state index contributed by atoms with van der Waals surface area (Å²) >= 11 is 0. The number of ether oxygens (including phenoxy) is 1. The third-order valence-electron chi connectivity index (χ3n) is 4.93. The first-order valence-corrected chi connectivity index (χ1v) is 8.98. The quantitative estimate of drug-likeness (QED) is 0.880. The molecule has 4 heterocycles. The third-order valence-corrected chi connectivity index (χ3v) is 4.93. The second kappa shape index (κ2) is 7.33. The van der Waals surface area contributed by atoms with E-state index in [1.807, 2.05) is 0 Å². The zero-order valence-corrected chi connectivity index (χ0v) is 14.5. The normalized spacial score (nSPS) is 19.4. The Kier molecular flexibility index (Phi) is 4.75. The van der Waals surface area contributed by atoms with E-state index in [0.717, 1.165) is 31.6 Å². The van der Waals surface area contributed by atoms with Crippen LogP contribution in [0.5, 0.6) is 0 Å². The molecule has 0 bridgehead atoms. The summed E-state index contributed by atoms with van der Waals surface area (Å²) in [4.78, 5) is 42.2. The Hall–Kier alpha value is -2.61. The minimum absolute atomic E-state index is 0.0727. The fraction of sp³-hybridized carbons (Fsp3) is 0.500. The van der Waals surface area contributed by atoms with Crippen molar-refractivity contribution in [3.8, 4) is 11.5 Å². The van der Waals surface area contributed by atoms with Crippen LogP contribution >= 0.6 is 0 Å². The zero-order chi connectivity index (χ0) is 17.9. The van der Waals surface area contributed by atoms with E-state index >= 15 is 0 Å². The Balaban J connectivity index is 1.46. The van der Waals surface area contributed by atoms with E-state index < -0.39 is 0 Å². The highest BCUT2D eigenvalue weighted by atomic mass is 16.5. The fourth-order valence-corrected chi connectivity index (χ4v) is 3.50. The maximum absolute atomic E-state index is 12.5. The van der Waals surface area contributed by atoms with Gasteiger partial charge >= 0.3 is 0 Å². The summed E-state index contributed by atoms with van der Waals surface area (Å²) in [6.07, 6.45) is 8.79. The fourth-order valence-electron chi connectivity index (χ4n) is 3.50. The SMILES string of the molecule is O=C(CC[C@H]1CCCO1)N1CCc2nc(-c3cnccn3)[nH]c(=O)c2C1. The van der Waals surface area contributed by atoms with Crippen molar-refractivity contribution >= 4 is 5.91 Å². The molecule has 4 rings (SSSR count). The van der Waals surface area contributed by atoms with Crippen molar-refractivity contribution in [2.75, 3.05) is 13.2 Å². The third kappa shape index (κ3) is 3.50. The van der Waals surface area contributed by atoms with Gasteiger partial charge in [-0.1, -0.05) is 0 Å². The molecular formula is C18H21N5O3. The van der Waals surface area contributed by atoms with Gasteiger partial charge in [-0.25, -0.2) is 9.97 Å². The van der Waals surface area contributed by atoms with Gasteiger partial charge in [0.15, 0.2) is 5.82 Å². The molecular weight excluding hydrogens is 334 g/mol. The molecule has 1 fully saturated rings. The van der Waals surface area contributed by atoms with E-state index in [1.54, 1.807) is 23.5 Å². The molecule has 1 atom stereocenters. The Bertz CT molecular complexity index is 846. The van der Waals surface area contributed by atoms with Crippen LogP contribution in [-0.2, 0) is 22.5 Å². The molecule has 0 aromatic carbocycles. The first kappa shape index (κ1) is 16.8. The molecule has 0 unspecified atom stereocenters. The lowest BCUT2D eigenvalue weighted by Crippen LogP contribution is -2.39. The van der Waals surface area contributed by atoms with Gasteiger partial charge in [-0.3, -0.25) is 14.6 Å². The molecule has 2 aromatic heterocycles. The molecule has 1 saturated heterocycles. The summed E-state index contributed by atoms with van der Waals surface area (Å²) in [5.74, 6) is 0.489. The highest BCUT2D eigenvalue weighted by Gasteiger charge is 2.26. The Morgan fingerprint density at radius 2 is 2.31 bits per heavy atom. The number of fused-ring (bicyclic) bond motifs is 1. The smallest absolute Gasteiger partial charge is 0.256 e. The molecule has 1 amide bonds. The van der Waals surface area contributed by atoms with E-state index in [4.69, 9.17) is 4.74 Å². The van der Waals surface area contributed by atoms with Gasteiger partial charge < -0.3 is 14.6 Å². The van der Waals surface area contributed by atoms with Crippen molar-refractivity contribution in [2.24, 2.45) is 0 Å². The highest BCUT2D eigenvalue weighted by molar-refractivity contribution is 5.76. The summed E-state index contributed by atoms with van der Waals surface area (Å²) in [6.45, 7) is 1.68. The number of nitrogens with one attached hydrogen (secondary N) is 1. The van der Waals surface area contributed by atoms with Crippen molar-refractivity contribution in [3.63, 3.8) is 0 Å². The van der Waals surface area contributed by atoms with Crippen LogP contribution in [0.25, 0.3) is 11.5 Å². The number of nitrogens with zero attached hydrogens (tertiary/aromatic N) is 4.